The summed E-state index contributed by atoms with van der Waals surface area (Å²) in [6.45, 7) is 1.19. The van der Waals surface area contributed by atoms with Crippen LogP contribution in [0.25, 0.3) is 0 Å². The van der Waals surface area contributed by atoms with Crippen molar-refractivity contribution in [3.05, 3.63) is 47.7 Å². The van der Waals surface area contributed by atoms with Crippen LogP contribution >= 0.6 is 0 Å². The molecule has 1 saturated carbocycles. The molecule has 1 aromatic rings. The lowest BCUT2D eigenvalue weighted by atomic mass is 9.81. The number of aliphatic hydroxyl groups is 1. The number of Topliss-reactive ketones (excluding diaryl/α,β-unsaturated/α-hetero) is 1. The minimum atomic E-state index is -2.04. The van der Waals surface area contributed by atoms with Crippen LogP contribution < -0.4 is 0 Å². The largest absolute Gasteiger partial charge is 0.466 e. The summed E-state index contributed by atoms with van der Waals surface area (Å²) in [5.41, 5.74) is -2.07. The Hall–Kier alpha value is -3.00. The highest BCUT2D eigenvalue weighted by Gasteiger charge is 2.65. The summed E-state index contributed by atoms with van der Waals surface area (Å²) >= 11 is 0. The third kappa shape index (κ3) is 2.68. The number of ketones is 1. The van der Waals surface area contributed by atoms with Gasteiger partial charge in [0.05, 0.1) is 24.2 Å². The zero-order valence-electron chi connectivity index (χ0n) is 14.0. The number of hydrogen-bond donors (Lipinski definition) is 1. The molecule has 1 fully saturated rings. The smallest absolute Gasteiger partial charge is 0.338 e. The molecule has 8 nitrogen and oxygen atoms in total. The molecule has 4 atom stereocenters. The van der Waals surface area contributed by atoms with Gasteiger partial charge in [-0.15, -0.1) is 0 Å². The van der Waals surface area contributed by atoms with Gasteiger partial charge in [0, 0.05) is 0 Å². The molecule has 2 aliphatic rings. The monoisotopic (exact) mass is 360 g/mol. The van der Waals surface area contributed by atoms with Crippen molar-refractivity contribution in [2.24, 2.45) is 11.8 Å². The van der Waals surface area contributed by atoms with Gasteiger partial charge in [0.2, 0.25) is 0 Å². The Morgan fingerprint density at radius 2 is 1.81 bits per heavy atom. The van der Waals surface area contributed by atoms with E-state index >= 15 is 0 Å². The Bertz CT molecular complexity index is 808. The summed E-state index contributed by atoms with van der Waals surface area (Å²) in [4.78, 5) is 49.1. The summed E-state index contributed by atoms with van der Waals surface area (Å²) in [6, 6.07) is 7.89. The predicted octanol–water partition coefficient (Wildman–Crippen LogP) is 0.392. The second-order valence-electron chi connectivity index (χ2n) is 6.24. The van der Waals surface area contributed by atoms with Crippen molar-refractivity contribution in [1.29, 1.82) is 0 Å². The van der Waals surface area contributed by atoms with Crippen molar-refractivity contribution in [2.45, 2.75) is 18.6 Å². The average Bonchev–Trinajstić information content (AvgIpc) is 2.83. The molecule has 1 aromatic carbocycles. The molecule has 0 aromatic heterocycles. The molecule has 0 amide bonds. The minimum absolute atomic E-state index is 0.178. The fraction of sp³-hybridized carbons (Fsp3) is 0.333. The van der Waals surface area contributed by atoms with E-state index < -0.39 is 47.2 Å². The zero-order valence-corrected chi connectivity index (χ0v) is 14.0. The van der Waals surface area contributed by atoms with E-state index in [9.17, 15) is 24.3 Å². The van der Waals surface area contributed by atoms with E-state index in [1.807, 2.05) is 0 Å². The third-order valence-electron chi connectivity index (χ3n) is 4.61. The van der Waals surface area contributed by atoms with E-state index in [0.29, 0.717) is 0 Å². The van der Waals surface area contributed by atoms with Gasteiger partial charge in [-0.25, -0.2) is 9.59 Å². The normalized spacial score (nSPS) is 30.1. The lowest BCUT2D eigenvalue weighted by molar-refractivity contribution is -0.159. The van der Waals surface area contributed by atoms with Gasteiger partial charge in [-0.3, -0.25) is 9.59 Å². The van der Waals surface area contributed by atoms with Gasteiger partial charge in [0.15, 0.2) is 11.9 Å². The number of rotatable bonds is 3. The van der Waals surface area contributed by atoms with Gasteiger partial charge in [0.1, 0.15) is 17.8 Å². The number of carbonyl (C=O) groups excluding carboxylic acids is 4. The number of fused-ring (bicyclic) bond motifs is 1. The van der Waals surface area contributed by atoms with Crippen molar-refractivity contribution < 1.29 is 38.5 Å². The predicted molar refractivity (Wildman–Crippen MR) is 84.4 cm³/mol. The molecule has 8 heteroatoms. The topological polar surface area (TPSA) is 116 Å². The number of carbonyl (C=O) groups is 4. The van der Waals surface area contributed by atoms with E-state index in [2.05, 4.69) is 4.74 Å². The quantitative estimate of drug-likeness (QED) is 0.608. The van der Waals surface area contributed by atoms with Crippen LogP contribution in [-0.4, -0.2) is 47.6 Å². The Morgan fingerprint density at radius 1 is 1.15 bits per heavy atom. The van der Waals surface area contributed by atoms with Crippen molar-refractivity contribution in [3.8, 4) is 0 Å². The maximum Gasteiger partial charge on any atom is 0.338 e. The Morgan fingerprint density at radius 3 is 2.42 bits per heavy atom. The molecule has 1 heterocycles. The van der Waals surface area contributed by atoms with E-state index in [-0.39, 0.29) is 11.1 Å². The molecular formula is C18H16O8. The summed E-state index contributed by atoms with van der Waals surface area (Å²) < 4.78 is 14.6. The fourth-order valence-electron chi connectivity index (χ4n) is 3.31. The van der Waals surface area contributed by atoms with Crippen LogP contribution in [0.2, 0.25) is 0 Å². The standard InChI is InChI=1S/C18H16O8/c1-18(23)12-11(10(16(21)24-2)8-25-17(12)22)13(19)14(18)26-15(20)9-6-4-3-5-7-9/h3-8,11-12,14,23H,1-2H3/t11-,12-,14+,18-/m1/s1. The van der Waals surface area contributed by atoms with Gasteiger partial charge in [-0.1, -0.05) is 18.2 Å². The summed E-state index contributed by atoms with van der Waals surface area (Å²) in [7, 11) is 1.11. The number of hydrogen-bond acceptors (Lipinski definition) is 8. The van der Waals surface area contributed by atoms with Crippen LogP contribution in [0.4, 0.5) is 0 Å². The van der Waals surface area contributed by atoms with Crippen LogP contribution in [0.5, 0.6) is 0 Å². The van der Waals surface area contributed by atoms with Crippen LogP contribution in [0, 0.1) is 11.8 Å². The first-order chi connectivity index (χ1) is 12.3. The maximum atomic E-state index is 12.8. The van der Waals surface area contributed by atoms with Crippen LogP contribution in [0.15, 0.2) is 42.2 Å². The van der Waals surface area contributed by atoms with Crippen LogP contribution in [0.1, 0.15) is 17.3 Å². The van der Waals surface area contributed by atoms with E-state index in [1.54, 1.807) is 18.2 Å². The summed E-state index contributed by atoms with van der Waals surface area (Å²) in [6.07, 6.45) is -0.797. The van der Waals surface area contributed by atoms with Gasteiger partial charge in [-0.2, -0.15) is 0 Å². The highest BCUT2D eigenvalue weighted by Crippen LogP contribution is 2.46. The van der Waals surface area contributed by atoms with Crippen molar-refractivity contribution in [3.63, 3.8) is 0 Å². The molecule has 0 saturated heterocycles. The lowest BCUT2D eigenvalue weighted by Crippen LogP contribution is -2.48. The number of benzene rings is 1. The molecule has 26 heavy (non-hydrogen) atoms. The van der Waals surface area contributed by atoms with Gasteiger partial charge in [-0.05, 0) is 19.1 Å². The first-order valence-corrected chi connectivity index (χ1v) is 7.80. The molecule has 1 aliphatic heterocycles. The summed E-state index contributed by atoms with van der Waals surface area (Å²) in [5, 5.41) is 10.8. The Balaban J connectivity index is 1.95. The molecule has 0 bridgehead atoms. The molecule has 136 valence electrons. The minimum Gasteiger partial charge on any atom is -0.466 e. The fourth-order valence-corrected chi connectivity index (χ4v) is 3.31. The SMILES string of the molecule is COC(=O)C1=COC(=O)[C@H]2[C@@H]1C(=O)[C@H](OC(=O)c1ccccc1)[C@]2(C)O. The molecule has 1 aliphatic carbocycles. The molecule has 3 rings (SSSR count). The highest BCUT2D eigenvalue weighted by molar-refractivity contribution is 6.07. The highest BCUT2D eigenvalue weighted by atomic mass is 16.6. The van der Waals surface area contributed by atoms with Crippen LogP contribution in [0.3, 0.4) is 0 Å². The van der Waals surface area contributed by atoms with Gasteiger partial charge >= 0.3 is 17.9 Å². The molecule has 1 N–H and O–H groups in total. The molecule has 0 radical (unpaired) electrons. The second kappa shape index (κ2) is 6.38. The number of methoxy groups -OCH3 is 1. The molecule has 0 unspecified atom stereocenters. The average molecular weight is 360 g/mol. The first kappa shape index (κ1) is 17.8. The summed E-state index contributed by atoms with van der Waals surface area (Å²) in [5.74, 6) is -6.06. The second-order valence-corrected chi connectivity index (χ2v) is 6.24. The van der Waals surface area contributed by atoms with Crippen molar-refractivity contribution >= 4 is 23.7 Å². The first-order valence-electron chi connectivity index (χ1n) is 7.80. The third-order valence-corrected chi connectivity index (χ3v) is 4.61. The van der Waals surface area contributed by atoms with E-state index in [4.69, 9.17) is 9.47 Å². The zero-order chi connectivity index (χ0) is 19.1. The number of ether oxygens (including phenoxy) is 3. The number of esters is 3. The number of cyclic esters (lactones) is 1. The Labute approximate surface area is 148 Å². The maximum absolute atomic E-state index is 12.8. The lowest BCUT2D eigenvalue weighted by Gasteiger charge is -2.30. The van der Waals surface area contributed by atoms with Gasteiger partial charge < -0.3 is 19.3 Å². The van der Waals surface area contributed by atoms with Crippen molar-refractivity contribution in [2.75, 3.05) is 7.11 Å². The molecular weight excluding hydrogens is 344 g/mol. The Kier molecular flexibility index (Phi) is 4.37. The van der Waals surface area contributed by atoms with Gasteiger partial charge in [0.25, 0.3) is 0 Å². The molecule has 0 spiro atoms. The van der Waals surface area contributed by atoms with E-state index in [1.165, 1.54) is 19.1 Å². The van der Waals surface area contributed by atoms with Crippen molar-refractivity contribution in [1.82, 2.24) is 0 Å². The van der Waals surface area contributed by atoms with E-state index in [0.717, 1.165) is 13.4 Å². The van der Waals surface area contributed by atoms with Crippen LogP contribution in [-0.2, 0) is 28.6 Å².